The van der Waals surface area contributed by atoms with Crippen LogP contribution in [-0.4, -0.2) is 6.54 Å². The second-order valence-corrected chi connectivity index (χ2v) is 8.39. The first kappa shape index (κ1) is 17.4. The van der Waals surface area contributed by atoms with Gasteiger partial charge in [-0.15, -0.1) is 11.3 Å². The zero-order chi connectivity index (χ0) is 15.6. The number of hydrogen-bond acceptors (Lipinski definition) is 2. The molecule has 1 atom stereocenters. The van der Waals surface area contributed by atoms with Crippen LogP contribution in [0.2, 0.25) is 5.02 Å². The number of aryl methyl sites for hydroxylation is 1. The third-order valence-electron chi connectivity index (χ3n) is 3.14. The second-order valence-electron chi connectivity index (χ2n) is 4.76. The van der Waals surface area contributed by atoms with Gasteiger partial charge in [-0.3, -0.25) is 0 Å². The zero-order valence-corrected chi connectivity index (χ0v) is 16.4. The van der Waals surface area contributed by atoms with E-state index < -0.39 is 0 Å². The van der Waals surface area contributed by atoms with Crippen molar-refractivity contribution in [1.29, 1.82) is 0 Å². The number of nitrogens with one attached hydrogen (secondary N) is 1. The smallest absolute Gasteiger partial charge is 0.148 e. The van der Waals surface area contributed by atoms with Crippen molar-refractivity contribution in [3.8, 4) is 0 Å². The Morgan fingerprint density at radius 1 is 1.38 bits per heavy atom. The molecule has 0 saturated heterocycles. The molecule has 1 nitrogen and oxygen atoms in total. The first-order valence-electron chi connectivity index (χ1n) is 6.58. The largest absolute Gasteiger partial charge is 0.306 e. The van der Waals surface area contributed by atoms with Gasteiger partial charge >= 0.3 is 0 Å². The molecule has 1 N–H and O–H groups in total. The first-order chi connectivity index (χ1) is 9.95. The summed E-state index contributed by atoms with van der Waals surface area (Å²) < 4.78 is 16.2. The molecule has 0 amide bonds. The molecule has 21 heavy (non-hydrogen) atoms. The van der Waals surface area contributed by atoms with Gasteiger partial charge in [-0.05, 0) is 69.4 Å². The molecule has 2 aromatic rings. The van der Waals surface area contributed by atoms with E-state index in [1.54, 1.807) is 23.5 Å². The van der Waals surface area contributed by atoms with Crippen LogP contribution in [0.25, 0.3) is 0 Å². The standard InChI is InChI=1S/C15H15Br2ClFNS/c1-3-6-20-14(11-7-8(2)15(17)21-11)9-4-5-10(16)12(18)13(9)19/h4-5,7,14,20H,3,6H2,1-2H3. The van der Waals surface area contributed by atoms with Gasteiger partial charge in [0.2, 0.25) is 0 Å². The Hall–Kier alpha value is 0.0600. The summed E-state index contributed by atoms with van der Waals surface area (Å²) >= 11 is 14.4. The first-order valence-corrected chi connectivity index (χ1v) is 9.36. The summed E-state index contributed by atoms with van der Waals surface area (Å²) in [4.78, 5) is 1.07. The fourth-order valence-corrected chi connectivity index (χ4v) is 4.19. The summed E-state index contributed by atoms with van der Waals surface area (Å²) in [7, 11) is 0. The van der Waals surface area contributed by atoms with Crippen molar-refractivity contribution in [2.24, 2.45) is 0 Å². The van der Waals surface area contributed by atoms with Crippen LogP contribution in [0.15, 0.2) is 26.5 Å². The van der Waals surface area contributed by atoms with Crippen molar-refractivity contribution in [1.82, 2.24) is 5.32 Å². The molecule has 0 spiro atoms. The molecule has 0 bridgehead atoms. The van der Waals surface area contributed by atoms with Crippen LogP contribution >= 0.6 is 54.8 Å². The lowest BCUT2D eigenvalue weighted by Crippen LogP contribution is -2.23. The van der Waals surface area contributed by atoms with Gasteiger partial charge in [-0.1, -0.05) is 24.6 Å². The Morgan fingerprint density at radius 3 is 2.67 bits per heavy atom. The molecule has 0 aliphatic heterocycles. The van der Waals surface area contributed by atoms with Crippen LogP contribution < -0.4 is 5.32 Å². The van der Waals surface area contributed by atoms with Crippen LogP contribution in [0.4, 0.5) is 4.39 Å². The molecule has 1 aromatic heterocycles. The lowest BCUT2D eigenvalue weighted by atomic mass is 10.0. The maximum Gasteiger partial charge on any atom is 0.148 e. The molecule has 1 unspecified atom stereocenters. The summed E-state index contributed by atoms with van der Waals surface area (Å²) in [5.74, 6) is -0.373. The van der Waals surface area contributed by atoms with E-state index in [9.17, 15) is 4.39 Å². The Bertz CT molecular complexity index is 625. The molecule has 2 rings (SSSR count). The van der Waals surface area contributed by atoms with Crippen LogP contribution in [0, 0.1) is 12.7 Å². The van der Waals surface area contributed by atoms with Gasteiger partial charge in [0.1, 0.15) is 5.82 Å². The second kappa shape index (κ2) is 7.55. The van der Waals surface area contributed by atoms with Gasteiger partial charge < -0.3 is 5.32 Å². The molecule has 1 aromatic carbocycles. The van der Waals surface area contributed by atoms with E-state index in [0.717, 1.165) is 27.2 Å². The van der Waals surface area contributed by atoms with E-state index in [-0.39, 0.29) is 16.9 Å². The van der Waals surface area contributed by atoms with E-state index in [2.05, 4.69) is 50.2 Å². The maximum atomic E-state index is 14.5. The number of hydrogen-bond donors (Lipinski definition) is 1. The monoisotopic (exact) mass is 453 g/mol. The Kier molecular flexibility index (Phi) is 6.26. The Morgan fingerprint density at radius 2 is 2.10 bits per heavy atom. The van der Waals surface area contributed by atoms with Gasteiger partial charge in [0.05, 0.1) is 14.9 Å². The SMILES string of the molecule is CCCNC(c1cc(C)c(Br)s1)c1ccc(Br)c(Cl)c1F. The summed E-state index contributed by atoms with van der Waals surface area (Å²) in [5, 5.41) is 3.53. The van der Waals surface area contributed by atoms with Gasteiger partial charge in [0.25, 0.3) is 0 Å². The maximum absolute atomic E-state index is 14.5. The normalized spacial score (nSPS) is 12.7. The highest BCUT2D eigenvalue weighted by Gasteiger charge is 2.22. The van der Waals surface area contributed by atoms with E-state index in [4.69, 9.17) is 11.6 Å². The molecule has 6 heteroatoms. The van der Waals surface area contributed by atoms with Gasteiger partial charge in [0, 0.05) is 14.9 Å². The molecule has 0 saturated carbocycles. The molecule has 0 aliphatic rings. The minimum atomic E-state index is -0.373. The van der Waals surface area contributed by atoms with Gasteiger partial charge in [0.15, 0.2) is 0 Å². The van der Waals surface area contributed by atoms with E-state index in [0.29, 0.717) is 10.0 Å². The zero-order valence-electron chi connectivity index (χ0n) is 11.6. The lowest BCUT2D eigenvalue weighted by Gasteiger charge is -2.19. The van der Waals surface area contributed by atoms with Crippen molar-refractivity contribution in [3.63, 3.8) is 0 Å². The fourth-order valence-electron chi connectivity index (χ4n) is 2.04. The van der Waals surface area contributed by atoms with Crippen LogP contribution in [0.5, 0.6) is 0 Å². The third-order valence-corrected chi connectivity index (χ3v) is 6.60. The summed E-state index contributed by atoms with van der Waals surface area (Å²) in [6.07, 6.45) is 0.980. The van der Waals surface area contributed by atoms with Crippen molar-refractivity contribution < 1.29 is 4.39 Å². The van der Waals surface area contributed by atoms with E-state index in [1.165, 1.54) is 0 Å². The summed E-state index contributed by atoms with van der Waals surface area (Å²) in [6, 6.07) is 5.46. The van der Waals surface area contributed by atoms with Crippen LogP contribution in [-0.2, 0) is 0 Å². The average molecular weight is 456 g/mol. The van der Waals surface area contributed by atoms with Crippen molar-refractivity contribution in [2.45, 2.75) is 26.3 Å². The van der Waals surface area contributed by atoms with Gasteiger partial charge in [-0.2, -0.15) is 0 Å². The molecular formula is C15H15Br2ClFNS. The summed E-state index contributed by atoms with van der Waals surface area (Å²) in [6.45, 7) is 4.93. The van der Waals surface area contributed by atoms with Gasteiger partial charge in [-0.25, -0.2) is 4.39 Å². The van der Waals surface area contributed by atoms with E-state index in [1.807, 2.05) is 6.92 Å². The number of benzene rings is 1. The molecule has 0 fully saturated rings. The number of halogens is 4. The highest BCUT2D eigenvalue weighted by Crippen LogP contribution is 2.37. The van der Waals surface area contributed by atoms with Crippen LogP contribution in [0.1, 0.15) is 35.4 Å². The highest BCUT2D eigenvalue weighted by molar-refractivity contribution is 9.11. The average Bonchev–Trinajstić information content (AvgIpc) is 2.78. The summed E-state index contributed by atoms with van der Waals surface area (Å²) in [5.41, 5.74) is 1.73. The third kappa shape index (κ3) is 3.88. The predicted octanol–water partition coefficient (Wildman–Crippen LogP) is 6.46. The minimum Gasteiger partial charge on any atom is -0.306 e. The fraction of sp³-hybridized carbons (Fsp3) is 0.333. The quantitative estimate of drug-likeness (QED) is 0.510. The minimum absolute atomic E-state index is 0.128. The molecule has 0 radical (unpaired) electrons. The predicted molar refractivity (Wildman–Crippen MR) is 96.0 cm³/mol. The Balaban J connectivity index is 2.47. The molecule has 1 heterocycles. The van der Waals surface area contributed by atoms with Crippen molar-refractivity contribution >= 4 is 54.8 Å². The number of rotatable bonds is 5. The number of thiophene rings is 1. The topological polar surface area (TPSA) is 12.0 Å². The molecule has 114 valence electrons. The van der Waals surface area contributed by atoms with Crippen LogP contribution in [0.3, 0.4) is 0 Å². The highest BCUT2D eigenvalue weighted by atomic mass is 79.9. The van der Waals surface area contributed by atoms with Crippen molar-refractivity contribution in [2.75, 3.05) is 6.54 Å². The van der Waals surface area contributed by atoms with Crippen molar-refractivity contribution in [3.05, 3.63) is 53.3 Å². The molecular weight excluding hydrogens is 440 g/mol. The molecule has 0 aliphatic carbocycles. The van der Waals surface area contributed by atoms with E-state index >= 15 is 0 Å². The Labute approximate surface area is 150 Å². The lowest BCUT2D eigenvalue weighted by molar-refractivity contribution is 0.551.